The molecule has 2 aromatic rings. The summed E-state index contributed by atoms with van der Waals surface area (Å²) in [6.07, 6.45) is 1.83. The average molecular weight is 401 g/mol. The van der Waals surface area contributed by atoms with Crippen molar-refractivity contribution in [2.45, 2.75) is 31.1 Å². The number of nitrogens with zero attached hydrogens (tertiary/aromatic N) is 1. The zero-order valence-electron chi connectivity index (χ0n) is 15.8. The molecule has 0 atom stereocenters. The molecule has 1 heterocycles. The molecule has 3 rings (SSSR count). The SMILES string of the molecule is Cc1ccccc1CC(=O)OCC(=O)c1ccc(S(=O)(=O)N2CCCC2)cc1. The van der Waals surface area contributed by atoms with Crippen LogP contribution < -0.4 is 0 Å². The summed E-state index contributed by atoms with van der Waals surface area (Å²) in [5, 5.41) is 0. The Morgan fingerprint density at radius 2 is 1.64 bits per heavy atom. The van der Waals surface area contributed by atoms with Gasteiger partial charge in [0.25, 0.3) is 0 Å². The third-order valence-electron chi connectivity index (χ3n) is 4.84. The first-order chi connectivity index (χ1) is 13.4. The van der Waals surface area contributed by atoms with Crippen LogP contribution >= 0.6 is 0 Å². The molecule has 0 bridgehead atoms. The molecular formula is C21H23NO5S. The Balaban J connectivity index is 1.57. The van der Waals surface area contributed by atoms with Gasteiger partial charge in [-0.15, -0.1) is 0 Å². The molecule has 6 nitrogen and oxygen atoms in total. The summed E-state index contributed by atoms with van der Waals surface area (Å²) in [7, 11) is -3.51. The summed E-state index contributed by atoms with van der Waals surface area (Å²) in [4.78, 5) is 24.4. The maximum atomic E-state index is 12.5. The molecular weight excluding hydrogens is 378 g/mol. The number of hydrogen-bond donors (Lipinski definition) is 0. The Morgan fingerprint density at radius 3 is 2.29 bits per heavy atom. The lowest BCUT2D eigenvalue weighted by atomic mass is 10.1. The lowest BCUT2D eigenvalue weighted by molar-refractivity contribution is -0.141. The Labute approximate surface area is 165 Å². The number of hydrogen-bond acceptors (Lipinski definition) is 5. The van der Waals surface area contributed by atoms with Crippen molar-refractivity contribution >= 4 is 21.8 Å². The Morgan fingerprint density at radius 1 is 1.00 bits per heavy atom. The molecule has 7 heteroatoms. The Hall–Kier alpha value is -2.51. The van der Waals surface area contributed by atoms with Crippen molar-refractivity contribution in [3.63, 3.8) is 0 Å². The fourth-order valence-electron chi connectivity index (χ4n) is 3.13. The highest BCUT2D eigenvalue weighted by atomic mass is 32.2. The van der Waals surface area contributed by atoms with Crippen LogP contribution in [0.25, 0.3) is 0 Å². The van der Waals surface area contributed by atoms with Crippen molar-refractivity contribution in [3.05, 3.63) is 65.2 Å². The number of aryl methyl sites for hydroxylation is 1. The molecule has 2 aromatic carbocycles. The maximum absolute atomic E-state index is 12.5. The van der Waals surface area contributed by atoms with E-state index in [0.29, 0.717) is 18.7 Å². The second kappa shape index (κ2) is 8.67. The minimum atomic E-state index is -3.51. The van der Waals surface area contributed by atoms with Crippen molar-refractivity contribution in [1.82, 2.24) is 4.31 Å². The van der Waals surface area contributed by atoms with Crippen molar-refractivity contribution < 1.29 is 22.7 Å². The standard InChI is InChI=1S/C21H23NO5S/c1-16-6-2-3-7-18(16)14-21(24)27-15-20(23)17-8-10-19(11-9-17)28(25,26)22-12-4-5-13-22/h2-3,6-11H,4-5,12-15H2,1H3. The van der Waals surface area contributed by atoms with Gasteiger partial charge in [-0.1, -0.05) is 24.3 Å². The van der Waals surface area contributed by atoms with Gasteiger partial charge in [-0.3, -0.25) is 9.59 Å². The molecule has 0 N–H and O–H groups in total. The number of carbonyl (C=O) groups is 2. The molecule has 0 unspecified atom stereocenters. The van der Waals surface area contributed by atoms with Crippen LogP contribution in [-0.2, 0) is 26.0 Å². The van der Waals surface area contributed by atoms with E-state index in [0.717, 1.165) is 24.0 Å². The minimum Gasteiger partial charge on any atom is -0.457 e. The number of Topliss-reactive ketones (excluding diaryl/α,β-unsaturated/α-hetero) is 1. The molecule has 0 amide bonds. The van der Waals surface area contributed by atoms with Gasteiger partial charge in [0, 0.05) is 18.7 Å². The van der Waals surface area contributed by atoms with E-state index in [2.05, 4.69) is 0 Å². The number of sulfonamides is 1. The molecule has 0 radical (unpaired) electrons. The predicted molar refractivity (Wildman–Crippen MR) is 105 cm³/mol. The molecule has 148 valence electrons. The van der Waals surface area contributed by atoms with Gasteiger partial charge in [-0.25, -0.2) is 8.42 Å². The summed E-state index contributed by atoms with van der Waals surface area (Å²) in [5.41, 5.74) is 2.15. The summed E-state index contributed by atoms with van der Waals surface area (Å²) < 4.78 is 31.5. The van der Waals surface area contributed by atoms with Gasteiger partial charge >= 0.3 is 5.97 Å². The molecule has 1 aliphatic heterocycles. The van der Waals surface area contributed by atoms with Crippen LogP contribution in [0, 0.1) is 6.92 Å². The Kier molecular flexibility index (Phi) is 6.26. The normalized spacial score (nSPS) is 14.8. The van der Waals surface area contributed by atoms with E-state index in [4.69, 9.17) is 4.74 Å². The van der Waals surface area contributed by atoms with Crippen LogP contribution in [0.15, 0.2) is 53.4 Å². The van der Waals surface area contributed by atoms with Crippen molar-refractivity contribution in [1.29, 1.82) is 0 Å². The van der Waals surface area contributed by atoms with Crippen LogP contribution in [0.4, 0.5) is 0 Å². The number of carbonyl (C=O) groups excluding carboxylic acids is 2. The third kappa shape index (κ3) is 4.66. The first-order valence-electron chi connectivity index (χ1n) is 9.21. The van der Waals surface area contributed by atoms with Crippen LogP contribution in [0.5, 0.6) is 0 Å². The van der Waals surface area contributed by atoms with Crippen molar-refractivity contribution in [2.24, 2.45) is 0 Å². The average Bonchev–Trinajstić information content (AvgIpc) is 3.24. The van der Waals surface area contributed by atoms with E-state index in [1.807, 2.05) is 31.2 Å². The van der Waals surface area contributed by atoms with E-state index in [-0.39, 0.29) is 23.7 Å². The highest BCUT2D eigenvalue weighted by Crippen LogP contribution is 2.21. The molecule has 28 heavy (non-hydrogen) atoms. The van der Waals surface area contributed by atoms with E-state index < -0.39 is 16.0 Å². The number of ether oxygens (including phenoxy) is 1. The summed E-state index contributed by atoms with van der Waals surface area (Å²) in [5.74, 6) is -0.848. The van der Waals surface area contributed by atoms with Gasteiger partial charge < -0.3 is 4.74 Å². The van der Waals surface area contributed by atoms with Crippen LogP contribution in [0.2, 0.25) is 0 Å². The van der Waals surface area contributed by atoms with Gasteiger partial charge in [0.05, 0.1) is 11.3 Å². The lowest BCUT2D eigenvalue weighted by Crippen LogP contribution is -2.27. The van der Waals surface area contributed by atoms with Gasteiger partial charge in [0.15, 0.2) is 12.4 Å². The number of esters is 1. The molecule has 1 aliphatic rings. The topological polar surface area (TPSA) is 80.8 Å². The zero-order chi connectivity index (χ0) is 20.1. The summed E-state index contributed by atoms with van der Waals surface area (Å²) in [6.45, 7) is 2.59. The minimum absolute atomic E-state index is 0.104. The predicted octanol–water partition coefficient (Wildman–Crippen LogP) is 2.75. The van der Waals surface area contributed by atoms with Gasteiger partial charge in [0.1, 0.15) is 0 Å². The number of rotatable bonds is 7. The van der Waals surface area contributed by atoms with Gasteiger partial charge in [0.2, 0.25) is 10.0 Å². The second-order valence-electron chi connectivity index (χ2n) is 6.82. The number of benzene rings is 2. The smallest absolute Gasteiger partial charge is 0.310 e. The van der Waals surface area contributed by atoms with E-state index >= 15 is 0 Å². The van der Waals surface area contributed by atoms with Crippen molar-refractivity contribution in [3.8, 4) is 0 Å². The molecule has 0 aromatic heterocycles. The largest absolute Gasteiger partial charge is 0.457 e. The quantitative estimate of drug-likeness (QED) is 0.526. The fourth-order valence-corrected chi connectivity index (χ4v) is 4.65. The molecule has 1 saturated heterocycles. The van der Waals surface area contributed by atoms with Crippen LogP contribution in [-0.4, -0.2) is 44.2 Å². The highest BCUT2D eigenvalue weighted by molar-refractivity contribution is 7.89. The highest BCUT2D eigenvalue weighted by Gasteiger charge is 2.27. The van der Waals surface area contributed by atoms with E-state index in [1.54, 1.807) is 0 Å². The Bertz CT molecular complexity index is 961. The molecule has 0 spiro atoms. The lowest BCUT2D eigenvalue weighted by Gasteiger charge is -2.15. The molecule has 1 fully saturated rings. The summed E-state index contributed by atoms with van der Waals surface area (Å²) >= 11 is 0. The zero-order valence-corrected chi connectivity index (χ0v) is 16.6. The van der Waals surface area contributed by atoms with E-state index in [9.17, 15) is 18.0 Å². The van der Waals surface area contributed by atoms with Gasteiger partial charge in [-0.05, 0) is 55.2 Å². The summed E-state index contributed by atoms with van der Waals surface area (Å²) in [6, 6.07) is 13.3. The molecule has 0 aliphatic carbocycles. The van der Waals surface area contributed by atoms with Gasteiger partial charge in [-0.2, -0.15) is 4.31 Å². The molecule has 0 saturated carbocycles. The third-order valence-corrected chi connectivity index (χ3v) is 6.75. The van der Waals surface area contributed by atoms with E-state index in [1.165, 1.54) is 28.6 Å². The monoisotopic (exact) mass is 401 g/mol. The maximum Gasteiger partial charge on any atom is 0.310 e. The first kappa shape index (κ1) is 20.2. The van der Waals surface area contributed by atoms with Crippen LogP contribution in [0.1, 0.15) is 34.3 Å². The second-order valence-corrected chi connectivity index (χ2v) is 8.76. The number of ketones is 1. The van der Waals surface area contributed by atoms with Crippen molar-refractivity contribution in [2.75, 3.05) is 19.7 Å². The van der Waals surface area contributed by atoms with Crippen LogP contribution in [0.3, 0.4) is 0 Å². The first-order valence-corrected chi connectivity index (χ1v) is 10.7. The fraction of sp³-hybridized carbons (Fsp3) is 0.333.